The van der Waals surface area contributed by atoms with E-state index >= 15 is 0 Å². The Balaban J connectivity index is 2.01. The zero-order valence-electron chi connectivity index (χ0n) is 10.2. The van der Waals surface area contributed by atoms with Gasteiger partial charge in [-0.05, 0) is 17.5 Å². The van der Waals surface area contributed by atoms with Crippen LogP contribution in [0.15, 0.2) is 24.3 Å². The normalized spacial score (nSPS) is 19.7. The summed E-state index contributed by atoms with van der Waals surface area (Å²) in [7, 11) is -3.31. The standard InChI is InChI=1S/C13H16O4S/c1-9(13(14)15)7-18(16,17)8-11-6-10-4-2-3-5-12(10)11/h2-5,9,11H,6-8H2,1H3,(H,14,15). The molecule has 0 saturated carbocycles. The van der Waals surface area contributed by atoms with Gasteiger partial charge in [-0.1, -0.05) is 31.2 Å². The van der Waals surface area contributed by atoms with Crippen LogP contribution in [0.25, 0.3) is 0 Å². The van der Waals surface area contributed by atoms with Gasteiger partial charge in [0.15, 0.2) is 9.84 Å². The lowest BCUT2D eigenvalue weighted by molar-refractivity contribution is -0.140. The summed E-state index contributed by atoms with van der Waals surface area (Å²) in [6.45, 7) is 1.43. The Morgan fingerprint density at radius 3 is 2.72 bits per heavy atom. The van der Waals surface area contributed by atoms with Gasteiger partial charge in [0.25, 0.3) is 0 Å². The Morgan fingerprint density at radius 2 is 2.11 bits per heavy atom. The lowest BCUT2D eigenvalue weighted by Crippen LogP contribution is -2.29. The molecule has 0 aliphatic heterocycles. The maximum atomic E-state index is 11.9. The van der Waals surface area contributed by atoms with Crippen LogP contribution in [-0.4, -0.2) is 31.0 Å². The molecule has 1 aliphatic carbocycles. The van der Waals surface area contributed by atoms with Crippen LogP contribution < -0.4 is 0 Å². The van der Waals surface area contributed by atoms with Crippen molar-refractivity contribution in [1.82, 2.24) is 0 Å². The number of hydrogen-bond donors (Lipinski definition) is 1. The summed E-state index contributed by atoms with van der Waals surface area (Å²) in [6, 6.07) is 7.78. The number of carbonyl (C=O) groups is 1. The molecule has 5 heteroatoms. The fourth-order valence-electron chi connectivity index (χ4n) is 2.34. The van der Waals surface area contributed by atoms with Gasteiger partial charge in [0.2, 0.25) is 0 Å². The number of sulfone groups is 1. The summed E-state index contributed by atoms with van der Waals surface area (Å²) in [4.78, 5) is 10.7. The van der Waals surface area contributed by atoms with E-state index in [4.69, 9.17) is 5.11 Å². The fraction of sp³-hybridized carbons (Fsp3) is 0.462. The van der Waals surface area contributed by atoms with Gasteiger partial charge in [0.05, 0.1) is 17.4 Å². The highest BCUT2D eigenvalue weighted by Gasteiger charge is 2.31. The van der Waals surface area contributed by atoms with Crippen molar-refractivity contribution in [1.29, 1.82) is 0 Å². The van der Waals surface area contributed by atoms with Crippen molar-refractivity contribution in [2.45, 2.75) is 19.3 Å². The van der Waals surface area contributed by atoms with Crippen LogP contribution in [0.2, 0.25) is 0 Å². The molecule has 2 unspecified atom stereocenters. The minimum Gasteiger partial charge on any atom is -0.481 e. The van der Waals surface area contributed by atoms with Crippen LogP contribution in [0.3, 0.4) is 0 Å². The molecule has 0 amide bonds. The number of rotatable bonds is 5. The van der Waals surface area contributed by atoms with Gasteiger partial charge in [0, 0.05) is 5.92 Å². The molecule has 1 N–H and O–H groups in total. The predicted molar refractivity (Wildman–Crippen MR) is 68.3 cm³/mol. The molecular weight excluding hydrogens is 252 g/mol. The number of carboxylic acid groups (broad SMARTS) is 1. The van der Waals surface area contributed by atoms with Gasteiger partial charge >= 0.3 is 5.97 Å². The summed E-state index contributed by atoms with van der Waals surface area (Å²) in [5, 5.41) is 8.74. The van der Waals surface area contributed by atoms with E-state index in [-0.39, 0.29) is 17.4 Å². The van der Waals surface area contributed by atoms with Crippen molar-refractivity contribution >= 4 is 15.8 Å². The monoisotopic (exact) mass is 268 g/mol. The van der Waals surface area contributed by atoms with Crippen molar-refractivity contribution < 1.29 is 18.3 Å². The van der Waals surface area contributed by atoms with Crippen LogP contribution in [0, 0.1) is 5.92 Å². The summed E-state index contributed by atoms with van der Waals surface area (Å²) in [5.74, 6) is -2.09. The van der Waals surface area contributed by atoms with Crippen LogP contribution in [0.5, 0.6) is 0 Å². The van der Waals surface area contributed by atoms with E-state index in [0.717, 1.165) is 12.0 Å². The molecule has 0 spiro atoms. The molecule has 98 valence electrons. The molecule has 0 aromatic heterocycles. The van der Waals surface area contributed by atoms with Gasteiger partial charge in [-0.3, -0.25) is 4.79 Å². The van der Waals surface area contributed by atoms with E-state index in [1.807, 2.05) is 24.3 Å². The van der Waals surface area contributed by atoms with Crippen molar-refractivity contribution in [3.63, 3.8) is 0 Å². The Labute approximate surface area is 107 Å². The van der Waals surface area contributed by atoms with E-state index in [1.54, 1.807) is 0 Å². The Bertz CT molecular complexity index is 562. The maximum absolute atomic E-state index is 11.9. The number of aliphatic carboxylic acids is 1. The first-order valence-corrected chi connectivity index (χ1v) is 7.72. The highest BCUT2D eigenvalue weighted by atomic mass is 32.2. The van der Waals surface area contributed by atoms with Crippen LogP contribution in [0.1, 0.15) is 24.0 Å². The third-order valence-corrected chi connectivity index (χ3v) is 5.26. The largest absolute Gasteiger partial charge is 0.481 e. The summed E-state index contributed by atoms with van der Waals surface area (Å²) in [5.41, 5.74) is 2.29. The number of benzene rings is 1. The van der Waals surface area contributed by atoms with Crippen molar-refractivity contribution in [3.8, 4) is 0 Å². The molecule has 2 atom stereocenters. The lowest BCUT2D eigenvalue weighted by Gasteiger charge is -2.29. The number of hydrogen-bond acceptors (Lipinski definition) is 3. The van der Waals surface area contributed by atoms with Gasteiger partial charge in [-0.15, -0.1) is 0 Å². The second kappa shape index (κ2) is 4.72. The molecule has 0 heterocycles. The molecule has 0 fully saturated rings. The maximum Gasteiger partial charge on any atom is 0.307 e. The van der Waals surface area contributed by atoms with E-state index in [9.17, 15) is 13.2 Å². The van der Waals surface area contributed by atoms with E-state index < -0.39 is 21.7 Å². The second-order valence-electron chi connectivity index (χ2n) is 4.92. The number of fused-ring (bicyclic) bond motifs is 1. The van der Waals surface area contributed by atoms with Gasteiger partial charge in [0.1, 0.15) is 0 Å². The smallest absolute Gasteiger partial charge is 0.307 e. The third-order valence-electron chi connectivity index (χ3n) is 3.34. The summed E-state index contributed by atoms with van der Waals surface area (Å²) >= 11 is 0. The van der Waals surface area contributed by atoms with Crippen LogP contribution >= 0.6 is 0 Å². The highest BCUT2D eigenvalue weighted by Crippen LogP contribution is 2.35. The number of carboxylic acids is 1. The quantitative estimate of drug-likeness (QED) is 0.877. The molecule has 4 nitrogen and oxygen atoms in total. The van der Waals surface area contributed by atoms with Crippen molar-refractivity contribution in [3.05, 3.63) is 35.4 Å². The molecule has 0 bridgehead atoms. The molecule has 18 heavy (non-hydrogen) atoms. The van der Waals surface area contributed by atoms with Crippen LogP contribution in [0.4, 0.5) is 0 Å². The van der Waals surface area contributed by atoms with Crippen molar-refractivity contribution in [2.75, 3.05) is 11.5 Å². The van der Waals surface area contributed by atoms with Gasteiger partial charge < -0.3 is 5.11 Å². The Hall–Kier alpha value is -1.36. The minimum atomic E-state index is -3.31. The van der Waals surface area contributed by atoms with E-state index in [1.165, 1.54) is 12.5 Å². The van der Waals surface area contributed by atoms with E-state index in [2.05, 4.69) is 0 Å². The Kier molecular flexibility index (Phi) is 3.43. The average molecular weight is 268 g/mol. The van der Waals surface area contributed by atoms with Gasteiger partial charge in [-0.2, -0.15) is 0 Å². The Morgan fingerprint density at radius 1 is 1.44 bits per heavy atom. The minimum absolute atomic E-state index is 0.0344. The zero-order chi connectivity index (χ0) is 13.3. The topological polar surface area (TPSA) is 71.4 Å². The second-order valence-corrected chi connectivity index (χ2v) is 7.07. The first kappa shape index (κ1) is 13.1. The average Bonchev–Trinajstić information content (AvgIpc) is 2.25. The lowest BCUT2D eigenvalue weighted by atomic mass is 9.79. The molecule has 2 rings (SSSR count). The fourth-order valence-corrected chi connectivity index (χ4v) is 4.29. The molecule has 0 radical (unpaired) electrons. The van der Waals surface area contributed by atoms with Crippen LogP contribution in [-0.2, 0) is 21.1 Å². The zero-order valence-corrected chi connectivity index (χ0v) is 11.0. The third kappa shape index (κ3) is 2.72. The summed E-state index contributed by atoms with van der Waals surface area (Å²) in [6.07, 6.45) is 0.775. The first-order chi connectivity index (χ1) is 8.39. The molecule has 0 saturated heterocycles. The predicted octanol–water partition coefficient (Wildman–Crippen LogP) is 1.46. The van der Waals surface area contributed by atoms with E-state index in [0.29, 0.717) is 0 Å². The van der Waals surface area contributed by atoms with Crippen molar-refractivity contribution in [2.24, 2.45) is 5.92 Å². The first-order valence-electron chi connectivity index (χ1n) is 5.90. The van der Waals surface area contributed by atoms with Gasteiger partial charge in [-0.25, -0.2) is 8.42 Å². The summed E-state index contributed by atoms with van der Waals surface area (Å²) < 4.78 is 23.8. The highest BCUT2D eigenvalue weighted by molar-refractivity contribution is 7.91. The SMILES string of the molecule is CC(CS(=O)(=O)CC1Cc2ccccc21)C(=O)O. The molecule has 1 aliphatic rings. The molecule has 1 aromatic rings. The molecule has 1 aromatic carbocycles. The molecular formula is C13H16O4S.